The van der Waals surface area contributed by atoms with Gasteiger partial charge >= 0.3 is 6.18 Å². The van der Waals surface area contributed by atoms with Crippen molar-refractivity contribution in [1.29, 1.82) is 0 Å². The lowest BCUT2D eigenvalue weighted by Gasteiger charge is -2.38. The van der Waals surface area contributed by atoms with Gasteiger partial charge in [0, 0.05) is 5.54 Å². The number of methoxy groups -OCH3 is 1. The van der Waals surface area contributed by atoms with Gasteiger partial charge in [0.25, 0.3) is 0 Å². The number of benzene rings is 1. The van der Waals surface area contributed by atoms with E-state index in [0.29, 0.717) is 5.56 Å². The SMILES string of the molecule is COc1cccc(CC2(N)CCC(C(F)(F)F)CC2)c1F. The summed E-state index contributed by atoms with van der Waals surface area (Å²) in [5.41, 5.74) is 5.79. The standard InChI is InChI=1S/C15H19F4NO/c1-21-12-4-2-3-10(13(12)16)9-14(20)7-5-11(6-8-14)15(17,18)19/h2-4,11H,5-9,20H2,1H3. The summed E-state index contributed by atoms with van der Waals surface area (Å²) in [6.07, 6.45) is -3.44. The second-order valence-electron chi connectivity index (χ2n) is 5.79. The van der Waals surface area contributed by atoms with E-state index in [1.165, 1.54) is 13.2 Å². The number of hydrogen-bond donors (Lipinski definition) is 1. The number of hydrogen-bond acceptors (Lipinski definition) is 2. The molecule has 1 saturated carbocycles. The Kier molecular flexibility index (Phi) is 4.46. The quantitative estimate of drug-likeness (QED) is 0.862. The summed E-state index contributed by atoms with van der Waals surface area (Å²) >= 11 is 0. The van der Waals surface area contributed by atoms with Crippen LogP contribution >= 0.6 is 0 Å². The molecule has 0 atom stereocenters. The Bertz CT molecular complexity index is 493. The molecule has 0 bridgehead atoms. The summed E-state index contributed by atoms with van der Waals surface area (Å²) < 4.78 is 57.0. The predicted molar refractivity (Wildman–Crippen MR) is 71.6 cm³/mol. The Balaban J connectivity index is 2.07. The average molecular weight is 305 g/mol. The molecule has 0 saturated heterocycles. The zero-order valence-electron chi connectivity index (χ0n) is 11.8. The Labute approximate surface area is 121 Å². The molecule has 0 aliphatic heterocycles. The molecule has 6 heteroatoms. The summed E-state index contributed by atoms with van der Waals surface area (Å²) in [7, 11) is 1.37. The fraction of sp³-hybridized carbons (Fsp3) is 0.600. The lowest BCUT2D eigenvalue weighted by atomic mass is 9.74. The maximum absolute atomic E-state index is 14.1. The number of alkyl halides is 3. The monoisotopic (exact) mass is 305 g/mol. The highest BCUT2D eigenvalue weighted by Crippen LogP contribution is 2.41. The van der Waals surface area contributed by atoms with Gasteiger partial charge in [-0.1, -0.05) is 12.1 Å². The Morgan fingerprint density at radius 2 is 1.90 bits per heavy atom. The Hall–Kier alpha value is -1.30. The van der Waals surface area contributed by atoms with Gasteiger partial charge in [-0.3, -0.25) is 0 Å². The normalized spacial score (nSPS) is 26.7. The van der Waals surface area contributed by atoms with Crippen molar-refractivity contribution in [2.75, 3.05) is 7.11 Å². The molecule has 0 amide bonds. The van der Waals surface area contributed by atoms with Gasteiger partial charge in [-0.25, -0.2) is 4.39 Å². The molecule has 0 aromatic heterocycles. The molecular weight excluding hydrogens is 286 g/mol. The van der Waals surface area contributed by atoms with Crippen LogP contribution in [0.1, 0.15) is 31.2 Å². The van der Waals surface area contributed by atoms with E-state index in [2.05, 4.69) is 0 Å². The van der Waals surface area contributed by atoms with E-state index in [1.54, 1.807) is 12.1 Å². The molecule has 2 rings (SSSR count). The predicted octanol–water partition coefficient (Wildman–Crippen LogP) is 3.83. The first kappa shape index (κ1) is 16.1. The summed E-state index contributed by atoms with van der Waals surface area (Å²) in [6, 6.07) is 4.76. The van der Waals surface area contributed by atoms with Gasteiger partial charge in [-0.2, -0.15) is 13.2 Å². The van der Waals surface area contributed by atoms with E-state index in [9.17, 15) is 17.6 Å². The molecule has 0 heterocycles. The lowest BCUT2D eigenvalue weighted by Crippen LogP contribution is -2.47. The van der Waals surface area contributed by atoms with Gasteiger partial charge in [0.15, 0.2) is 11.6 Å². The van der Waals surface area contributed by atoms with Crippen LogP contribution in [0.5, 0.6) is 5.75 Å². The van der Waals surface area contributed by atoms with Gasteiger partial charge in [0.05, 0.1) is 13.0 Å². The van der Waals surface area contributed by atoms with Crippen molar-refractivity contribution in [2.45, 2.75) is 43.8 Å². The minimum atomic E-state index is -4.16. The summed E-state index contributed by atoms with van der Waals surface area (Å²) in [4.78, 5) is 0. The molecule has 0 unspecified atom stereocenters. The molecule has 0 spiro atoms. The van der Waals surface area contributed by atoms with Crippen LogP contribution in [-0.2, 0) is 6.42 Å². The molecule has 1 fully saturated rings. The van der Waals surface area contributed by atoms with Crippen molar-refractivity contribution < 1.29 is 22.3 Å². The number of rotatable bonds is 3. The average Bonchev–Trinajstić information content (AvgIpc) is 2.40. The van der Waals surface area contributed by atoms with Crippen LogP contribution in [0.15, 0.2) is 18.2 Å². The molecule has 0 radical (unpaired) electrons. The molecule has 2 nitrogen and oxygen atoms in total. The van der Waals surface area contributed by atoms with E-state index in [0.717, 1.165) is 0 Å². The van der Waals surface area contributed by atoms with Gasteiger partial charge in [0.2, 0.25) is 0 Å². The maximum atomic E-state index is 14.1. The molecule has 2 N–H and O–H groups in total. The van der Waals surface area contributed by atoms with E-state index in [4.69, 9.17) is 10.5 Å². The number of halogens is 4. The molecule has 118 valence electrons. The highest BCUT2D eigenvalue weighted by molar-refractivity contribution is 5.32. The van der Waals surface area contributed by atoms with Crippen LogP contribution in [0.2, 0.25) is 0 Å². The summed E-state index contributed by atoms with van der Waals surface area (Å²) in [6.45, 7) is 0. The van der Waals surface area contributed by atoms with Crippen LogP contribution in [-0.4, -0.2) is 18.8 Å². The van der Waals surface area contributed by atoms with Gasteiger partial charge < -0.3 is 10.5 Å². The van der Waals surface area contributed by atoms with E-state index < -0.39 is 23.5 Å². The smallest absolute Gasteiger partial charge is 0.391 e. The molecule has 21 heavy (non-hydrogen) atoms. The van der Waals surface area contributed by atoms with Crippen molar-refractivity contribution >= 4 is 0 Å². The van der Waals surface area contributed by atoms with Crippen LogP contribution < -0.4 is 10.5 Å². The molecule has 1 aliphatic carbocycles. The molecule has 1 aromatic carbocycles. The fourth-order valence-corrected chi connectivity index (χ4v) is 2.93. The van der Waals surface area contributed by atoms with Crippen LogP contribution in [0, 0.1) is 11.7 Å². The minimum absolute atomic E-state index is 0.00554. The molecular formula is C15H19F4NO. The first-order valence-electron chi connectivity index (χ1n) is 6.92. The van der Waals surface area contributed by atoms with E-state index in [1.807, 2.05) is 0 Å². The third kappa shape index (κ3) is 3.67. The van der Waals surface area contributed by atoms with Crippen molar-refractivity contribution in [3.05, 3.63) is 29.6 Å². The Morgan fingerprint density at radius 1 is 1.29 bits per heavy atom. The zero-order chi connectivity index (χ0) is 15.7. The minimum Gasteiger partial charge on any atom is -0.494 e. The fourth-order valence-electron chi connectivity index (χ4n) is 2.93. The zero-order valence-corrected chi connectivity index (χ0v) is 11.8. The van der Waals surface area contributed by atoms with E-state index >= 15 is 0 Å². The van der Waals surface area contributed by atoms with Crippen molar-refractivity contribution in [2.24, 2.45) is 11.7 Å². The highest BCUT2D eigenvalue weighted by atomic mass is 19.4. The maximum Gasteiger partial charge on any atom is 0.391 e. The van der Waals surface area contributed by atoms with Crippen molar-refractivity contribution in [1.82, 2.24) is 0 Å². The second-order valence-corrected chi connectivity index (χ2v) is 5.79. The number of ether oxygens (including phenoxy) is 1. The van der Waals surface area contributed by atoms with Crippen molar-refractivity contribution in [3.8, 4) is 5.75 Å². The lowest BCUT2D eigenvalue weighted by molar-refractivity contribution is -0.184. The molecule has 1 aromatic rings. The topological polar surface area (TPSA) is 35.2 Å². The number of nitrogens with two attached hydrogens (primary N) is 1. The first-order valence-corrected chi connectivity index (χ1v) is 6.92. The van der Waals surface area contributed by atoms with Crippen LogP contribution in [0.3, 0.4) is 0 Å². The van der Waals surface area contributed by atoms with E-state index in [-0.39, 0.29) is 37.9 Å². The van der Waals surface area contributed by atoms with Crippen LogP contribution in [0.4, 0.5) is 17.6 Å². The van der Waals surface area contributed by atoms with Gasteiger partial charge in [-0.15, -0.1) is 0 Å². The van der Waals surface area contributed by atoms with Crippen LogP contribution in [0.25, 0.3) is 0 Å². The third-order valence-electron chi connectivity index (χ3n) is 4.25. The van der Waals surface area contributed by atoms with Crippen molar-refractivity contribution in [3.63, 3.8) is 0 Å². The van der Waals surface area contributed by atoms with Gasteiger partial charge in [0.1, 0.15) is 0 Å². The largest absolute Gasteiger partial charge is 0.494 e. The highest BCUT2D eigenvalue weighted by Gasteiger charge is 2.44. The first-order chi connectivity index (χ1) is 9.75. The third-order valence-corrected chi connectivity index (χ3v) is 4.25. The van der Waals surface area contributed by atoms with Gasteiger partial charge in [-0.05, 0) is 43.7 Å². The second kappa shape index (κ2) is 5.83. The molecule has 1 aliphatic rings. The Morgan fingerprint density at radius 3 is 2.43 bits per heavy atom. The summed E-state index contributed by atoms with van der Waals surface area (Å²) in [5, 5.41) is 0. The summed E-state index contributed by atoms with van der Waals surface area (Å²) in [5.74, 6) is -1.65.